The van der Waals surface area contributed by atoms with Gasteiger partial charge in [-0.05, 0) is 57.6 Å². The molecular weight excluding hydrogens is 384 g/mol. The fourth-order valence-corrected chi connectivity index (χ4v) is 5.15. The Hall–Kier alpha value is -2.08. The van der Waals surface area contributed by atoms with Crippen LogP contribution in [-0.4, -0.2) is 24.1 Å². The molecule has 2 amide bonds. The molecule has 6 heteroatoms. The highest BCUT2D eigenvalue weighted by atomic mass is 32.1. The van der Waals surface area contributed by atoms with E-state index in [0.29, 0.717) is 19.4 Å². The summed E-state index contributed by atoms with van der Waals surface area (Å²) in [7, 11) is 0. The fourth-order valence-electron chi connectivity index (χ4n) is 3.89. The van der Waals surface area contributed by atoms with E-state index in [1.807, 2.05) is 20.8 Å². The maximum atomic E-state index is 12.7. The number of nitrogens with one attached hydrogen (secondary N) is 2. The van der Waals surface area contributed by atoms with Gasteiger partial charge in [-0.1, -0.05) is 37.5 Å². The average Bonchev–Trinajstić information content (AvgIpc) is 3.10. The minimum Gasteiger partial charge on any atom is -0.444 e. The van der Waals surface area contributed by atoms with Crippen molar-refractivity contribution >= 4 is 33.4 Å². The number of benzene rings is 1. The molecule has 0 spiro atoms. The molecule has 1 aromatic heterocycles. The lowest BCUT2D eigenvalue weighted by Crippen LogP contribution is -2.46. The molecule has 0 bridgehead atoms. The molecule has 3 rings (SSSR count). The Morgan fingerprint density at radius 1 is 1.14 bits per heavy atom. The standard InChI is InChI=1S/C23H32N2O3S/c1-22(2,3)28-21(27)24-15-9-12-20(26)25-23(13-7-4-8-14-23)19-16-17-10-5-6-11-18(17)29-19/h5-6,10-11,16H,4,7-9,12-15H2,1-3H3,(H,24,27)(H,25,26). The second-order valence-electron chi connectivity index (χ2n) is 8.87. The predicted molar refractivity (Wildman–Crippen MR) is 118 cm³/mol. The highest BCUT2D eigenvalue weighted by Gasteiger charge is 2.36. The quantitative estimate of drug-likeness (QED) is 0.613. The molecule has 0 atom stereocenters. The lowest BCUT2D eigenvalue weighted by molar-refractivity contribution is -0.123. The van der Waals surface area contributed by atoms with Crippen molar-refractivity contribution in [2.75, 3.05) is 6.54 Å². The van der Waals surface area contributed by atoms with Gasteiger partial charge in [0.2, 0.25) is 5.91 Å². The third-order valence-corrected chi connectivity index (χ3v) is 6.55. The number of carbonyl (C=O) groups is 2. The van der Waals surface area contributed by atoms with Gasteiger partial charge < -0.3 is 15.4 Å². The van der Waals surface area contributed by atoms with Crippen LogP contribution in [0.1, 0.15) is 70.6 Å². The van der Waals surface area contributed by atoms with Gasteiger partial charge >= 0.3 is 6.09 Å². The topological polar surface area (TPSA) is 67.4 Å². The van der Waals surface area contributed by atoms with Gasteiger partial charge in [0.05, 0.1) is 5.54 Å². The Balaban J connectivity index is 1.57. The number of rotatable bonds is 6. The molecule has 1 saturated carbocycles. The van der Waals surface area contributed by atoms with E-state index in [1.165, 1.54) is 21.4 Å². The van der Waals surface area contributed by atoms with Crippen LogP contribution in [0.3, 0.4) is 0 Å². The lowest BCUT2D eigenvalue weighted by Gasteiger charge is -2.37. The number of hydrogen-bond acceptors (Lipinski definition) is 4. The number of hydrogen-bond donors (Lipinski definition) is 2. The zero-order chi connectivity index (χ0) is 20.9. The summed E-state index contributed by atoms with van der Waals surface area (Å²) < 4.78 is 6.49. The van der Waals surface area contributed by atoms with E-state index in [-0.39, 0.29) is 11.4 Å². The highest BCUT2D eigenvalue weighted by Crippen LogP contribution is 2.42. The SMILES string of the molecule is CC(C)(C)OC(=O)NCCCC(=O)NC1(c2cc3ccccc3s2)CCCCC1. The molecule has 1 heterocycles. The summed E-state index contributed by atoms with van der Waals surface area (Å²) in [6.07, 6.45) is 6.01. The monoisotopic (exact) mass is 416 g/mol. The molecule has 2 N–H and O–H groups in total. The van der Waals surface area contributed by atoms with Crippen molar-refractivity contribution in [3.8, 4) is 0 Å². The van der Waals surface area contributed by atoms with Crippen molar-refractivity contribution in [3.63, 3.8) is 0 Å². The first kappa shape index (κ1) is 21.6. The number of alkyl carbamates (subject to hydrolysis) is 1. The van der Waals surface area contributed by atoms with Gasteiger partial charge in [-0.3, -0.25) is 4.79 Å². The molecule has 0 saturated heterocycles. The van der Waals surface area contributed by atoms with Crippen molar-refractivity contribution in [1.82, 2.24) is 10.6 Å². The van der Waals surface area contributed by atoms with Gasteiger partial charge in [0.15, 0.2) is 0 Å². The number of thiophene rings is 1. The molecule has 1 aliphatic carbocycles. The van der Waals surface area contributed by atoms with Crippen molar-refractivity contribution in [2.45, 2.75) is 76.9 Å². The Morgan fingerprint density at radius 2 is 1.86 bits per heavy atom. The molecular formula is C23H32N2O3S. The van der Waals surface area contributed by atoms with Crippen molar-refractivity contribution in [2.24, 2.45) is 0 Å². The summed E-state index contributed by atoms with van der Waals surface area (Å²) in [5, 5.41) is 7.33. The summed E-state index contributed by atoms with van der Waals surface area (Å²) in [6.45, 7) is 5.92. The normalized spacial score (nSPS) is 16.4. The zero-order valence-corrected chi connectivity index (χ0v) is 18.5. The van der Waals surface area contributed by atoms with E-state index < -0.39 is 11.7 Å². The van der Waals surface area contributed by atoms with E-state index in [2.05, 4.69) is 41.0 Å². The first-order valence-corrected chi connectivity index (χ1v) is 11.4. The second-order valence-corrected chi connectivity index (χ2v) is 9.96. The van der Waals surface area contributed by atoms with Gasteiger partial charge in [-0.25, -0.2) is 4.79 Å². The Labute approximate surface area is 177 Å². The molecule has 0 aliphatic heterocycles. The van der Waals surface area contributed by atoms with Gasteiger partial charge in [-0.2, -0.15) is 0 Å². The first-order chi connectivity index (χ1) is 13.8. The van der Waals surface area contributed by atoms with E-state index in [1.54, 1.807) is 11.3 Å². The van der Waals surface area contributed by atoms with Crippen LogP contribution in [0.4, 0.5) is 4.79 Å². The number of carbonyl (C=O) groups excluding carboxylic acids is 2. The van der Waals surface area contributed by atoms with Crippen LogP contribution in [-0.2, 0) is 15.1 Å². The van der Waals surface area contributed by atoms with Gasteiger partial charge in [0.25, 0.3) is 0 Å². The van der Waals surface area contributed by atoms with E-state index in [0.717, 1.165) is 25.7 Å². The largest absolute Gasteiger partial charge is 0.444 e. The van der Waals surface area contributed by atoms with E-state index in [4.69, 9.17) is 4.74 Å². The summed E-state index contributed by atoms with van der Waals surface area (Å²) in [4.78, 5) is 25.7. The predicted octanol–water partition coefficient (Wildman–Crippen LogP) is 5.48. The van der Waals surface area contributed by atoms with Crippen LogP contribution in [0.2, 0.25) is 0 Å². The molecule has 1 fully saturated rings. The zero-order valence-electron chi connectivity index (χ0n) is 17.7. The van der Waals surface area contributed by atoms with E-state index in [9.17, 15) is 9.59 Å². The molecule has 2 aromatic rings. The van der Waals surface area contributed by atoms with Crippen molar-refractivity contribution in [1.29, 1.82) is 0 Å². The van der Waals surface area contributed by atoms with Crippen LogP contribution in [0.25, 0.3) is 10.1 Å². The Morgan fingerprint density at radius 3 is 2.55 bits per heavy atom. The minimum atomic E-state index is -0.515. The molecule has 0 radical (unpaired) electrons. The lowest BCUT2D eigenvalue weighted by atomic mass is 9.80. The number of ether oxygens (including phenoxy) is 1. The molecule has 158 valence electrons. The third-order valence-electron chi connectivity index (χ3n) is 5.23. The van der Waals surface area contributed by atoms with Crippen LogP contribution in [0, 0.1) is 0 Å². The maximum Gasteiger partial charge on any atom is 0.407 e. The molecule has 0 unspecified atom stereocenters. The van der Waals surface area contributed by atoms with Crippen LogP contribution in [0.5, 0.6) is 0 Å². The van der Waals surface area contributed by atoms with Gasteiger partial charge in [0.1, 0.15) is 5.60 Å². The molecule has 29 heavy (non-hydrogen) atoms. The fraction of sp³-hybridized carbons (Fsp3) is 0.565. The van der Waals surface area contributed by atoms with Crippen LogP contribution < -0.4 is 10.6 Å². The van der Waals surface area contributed by atoms with Gasteiger partial charge in [-0.15, -0.1) is 11.3 Å². The summed E-state index contributed by atoms with van der Waals surface area (Å²) in [5.41, 5.74) is -0.767. The summed E-state index contributed by atoms with van der Waals surface area (Å²) in [6, 6.07) is 10.6. The summed E-state index contributed by atoms with van der Waals surface area (Å²) in [5.74, 6) is 0.0512. The summed E-state index contributed by atoms with van der Waals surface area (Å²) >= 11 is 1.79. The number of amides is 2. The van der Waals surface area contributed by atoms with Crippen molar-refractivity contribution in [3.05, 3.63) is 35.2 Å². The smallest absolute Gasteiger partial charge is 0.407 e. The third kappa shape index (κ3) is 5.95. The Bertz CT molecular complexity index is 814. The van der Waals surface area contributed by atoms with Crippen molar-refractivity contribution < 1.29 is 14.3 Å². The minimum absolute atomic E-state index is 0.0512. The molecule has 5 nitrogen and oxygen atoms in total. The number of fused-ring (bicyclic) bond motifs is 1. The molecule has 1 aromatic carbocycles. The van der Waals surface area contributed by atoms with E-state index >= 15 is 0 Å². The highest BCUT2D eigenvalue weighted by molar-refractivity contribution is 7.19. The molecule has 1 aliphatic rings. The maximum absolute atomic E-state index is 12.7. The average molecular weight is 417 g/mol. The first-order valence-electron chi connectivity index (χ1n) is 10.5. The second kappa shape index (κ2) is 9.16. The van der Waals surface area contributed by atoms with Gasteiger partial charge in [0, 0.05) is 22.5 Å². The van der Waals surface area contributed by atoms with Crippen LogP contribution >= 0.6 is 11.3 Å². The Kier molecular flexibility index (Phi) is 6.83. The van der Waals surface area contributed by atoms with Crippen LogP contribution in [0.15, 0.2) is 30.3 Å².